The van der Waals surface area contributed by atoms with Gasteiger partial charge in [0.2, 0.25) is 0 Å². The first kappa shape index (κ1) is 21.0. The molecule has 9 nitrogen and oxygen atoms in total. The fourth-order valence-corrected chi connectivity index (χ4v) is 3.48. The maximum absolute atomic E-state index is 13.1. The van der Waals surface area contributed by atoms with E-state index in [1.165, 1.54) is 14.0 Å². The Labute approximate surface area is 168 Å². The first-order valence-electron chi connectivity index (χ1n) is 9.66. The molecule has 0 bridgehead atoms. The van der Waals surface area contributed by atoms with E-state index in [9.17, 15) is 19.5 Å². The molecule has 2 aromatic rings. The van der Waals surface area contributed by atoms with Crippen LogP contribution in [0.4, 0.5) is 0 Å². The van der Waals surface area contributed by atoms with Crippen molar-refractivity contribution in [2.24, 2.45) is 0 Å². The van der Waals surface area contributed by atoms with E-state index in [1.807, 2.05) is 20.8 Å². The van der Waals surface area contributed by atoms with Crippen molar-refractivity contribution < 1.29 is 19.4 Å². The number of aliphatic hydroxyl groups is 1. The number of carbonyl (C=O) groups is 2. The molecule has 0 aromatic carbocycles. The maximum atomic E-state index is 13.1. The number of β-amino-alcohol motifs (C(OH)–C–C–N with tert-alkyl or cyclic N) is 1. The summed E-state index contributed by atoms with van der Waals surface area (Å²) in [6, 6.07) is 1.73. The molecule has 9 heteroatoms. The highest BCUT2D eigenvalue weighted by molar-refractivity contribution is 5.97. The molecule has 0 saturated carbocycles. The second-order valence-corrected chi connectivity index (χ2v) is 9.05. The van der Waals surface area contributed by atoms with Crippen LogP contribution in [-0.2, 0) is 28.0 Å². The SMILES string of the molecule is CCOC(=O)Cn1c2c(c(=O)n3nc(C(C)(C)C)cc13)CN(CC(C)(C)O)C2=O. The zero-order valence-corrected chi connectivity index (χ0v) is 17.8. The minimum Gasteiger partial charge on any atom is -0.465 e. The number of amides is 1. The number of hydrogen-bond acceptors (Lipinski definition) is 6. The maximum Gasteiger partial charge on any atom is 0.326 e. The molecule has 0 spiro atoms. The summed E-state index contributed by atoms with van der Waals surface area (Å²) in [7, 11) is 0. The Balaban J connectivity index is 2.23. The van der Waals surface area contributed by atoms with Gasteiger partial charge in [0.15, 0.2) is 0 Å². The van der Waals surface area contributed by atoms with Crippen molar-refractivity contribution in [3.63, 3.8) is 0 Å². The summed E-state index contributed by atoms with van der Waals surface area (Å²) in [5.41, 5.74) is -0.368. The van der Waals surface area contributed by atoms with Gasteiger partial charge in [-0.3, -0.25) is 14.4 Å². The summed E-state index contributed by atoms with van der Waals surface area (Å²) in [6.07, 6.45) is 0. The standard InChI is InChI=1S/C20H28N4O5/c1-7-29-15(25)10-23-14-8-13(19(2,3)4)21-24(14)17(26)12-9-22(11-20(5,6)28)18(27)16(12)23/h8,28H,7,9-11H2,1-6H3. The highest BCUT2D eigenvalue weighted by Gasteiger charge is 2.37. The Hall–Kier alpha value is -2.68. The van der Waals surface area contributed by atoms with E-state index in [-0.39, 0.29) is 42.9 Å². The Morgan fingerprint density at radius 3 is 2.45 bits per heavy atom. The van der Waals surface area contributed by atoms with Crippen LogP contribution in [0, 0.1) is 0 Å². The molecule has 0 fully saturated rings. The monoisotopic (exact) mass is 404 g/mol. The van der Waals surface area contributed by atoms with E-state index in [2.05, 4.69) is 5.10 Å². The molecule has 0 radical (unpaired) electrons. The van der Waals surface area contributed by atoms with Gasteiger partial charge in [-0.05, 0) is 20.8 Å². The summed E-state index contributed by atoms with van der Waals surface area (Å²) >= 11 is 0. The number of rotatable bonds is 5. The molecule has 1 amide bonds. The summed E-state index contributed by atoms with van der Waals surface area (Å²) in [6.45, 7) is 10.9. The van der Waals surface area contributed by atoms with Gasteiger partial charge in [0, 0.05) is 18.0 Å². The molecule has 3 heterocycles. The average Bonchev–Trinajstić information content (AvgIpc) is 3.14. The minimum atomic E-state index is -1.12. The van der Waals surface area contributed by atoms with Crippen LogP contribution in [0.2, 0.25) is 0 Å². The Morgan fingerprint density at radius 2 is 1.90 bits per heavy atom. The molecule has 0 aliphatic carbocycles. The Morgan fingerprint density at radius 1 is 1.24 bits per heavy atom. The fourth-order valence-electron chi connectivity index (χ4n) is 3.48. The molecule has 0 unspecified atom stereocenters. The molecule has 1 aliphatic heterocycles. The number of aromatic nitrogens is 3. The van der Waals surface area contributed by atoms with Gasteiger partial charge in [0.05, 0.1) is 30.0 Å². The van der Waals surface area contributed by atoms with Crippen LogP contribution in [0.3, 0.4) is 0 Å². The van der Waals surface area contributed by atoms with Gasteiger partial charge in [0.1, 0.15) is 17.9 Å². The number of fused-ring (bicyclic) bond motifs is 2. The van der Waals surface area contributed by atoms with Crippen molar-refractivity contribution in [1.82, 2.24) is 19.1 Å². The Bertz CT molecular complexity index is 1040. The van der Waals surface area contributed by atoms with Crippen molar-refractivity contribution in [2.45, 2.75) is 65.6 Å². The number of hydrogen-bond donors (Lipinski definition) is 1. The molecule has 1 N–H and O–H groups in total. The van der Waals surface area contributed by atoms with Crippen molar-refractivity contribution in [1.29, 1.82) is 0 Å². The molecule has 0 saturated heterocycles. The topological polar surface area (TPSA) is 106 Å². The third-order valence-electron chi connectivity index (χ3n) is 4.75. The van der Waals surface area contributed by atoms with Crippen molar-refractivity contribution in [3.8, 4) is 0 Å². The lowest BCUT2D eigenvalue weighted by Gasteiger charge is -2.24. The molecule has 3 rings (SSSR count). The van der Waals surface area contributed by atoms with Crippen molar-refractivity contribution in [2.75, 3.05) is 13.2 Å². The van der Waals surface area contributed by atoms with Gasteiger partial charge in [-0.25, -0.2) is 0 Å². The predicted molar refractivity (Wildman–Crippen MR) is 106 cm³/mol. The van der Waals surface area contributed by atoms with Crippen LogP contribution in [0.15, 0.2) is 10.9 Å². The fraction of sp³-hybridized carbons (Fsp3) is 0.600. The lowest BCUT2D eigenvalue weighted by molar-refractivity contribution is -0.143. The molecule has 2 aromatic heterocycles. The summed E-state index contributed by atoms with van der Waals surface area (Å²) in [4.78, 5) is 39.9. The molecule has 0 atom stereocenters. The lowest BCUT2D eigenvalue weighted by atomic mass is 9.93. The number of carbonyl (C=O) groups excluding carboxylic acids is 2. The summed E-state index contributed by atoms with van der Waals surface area (Å²) in [5.74, 6) is -0.906. The molecule has 158 valence electrons. The van der Waals surface area contributed by atoms with Gasteiger partial charge in [-0.2, -0.15) is 9.61 Å². The largest absolute Gasteiger partial charge is 0.465 e. The van der Waals surface area contributed by atoms with E-state index in [1.54, 1.807) is 26.8 Å². The Kier molecular flexibility index (Phi) is 5.06. The highest BCUT2D eigenvalue weighted by atomic mass is 16.5. The highest BCUT2D eigenvalue weighted by Crippen LogP contribution is 2.27. The zero-order valence-electron chi connectivity index (χ0n) is 17.8. The number of ether oxygens (including phenoxy) is 1. The number of nitrogens with zero attached hydrogens (tertiary/aromatic N) is 4. The van der Waals surface area contributed by atoms with Gasteiger partial charge in [0.25, 0.3) is 11.5 Å². The average molecular weight is 404 g/mol. The summed E-state index contributed by atoms with van der Waals surface area (Å²) < 4.78 is 7.82. The van der Waals surface area contributed by atoms with E-state index in [4.69, 9.17) is 4.74 Å². The van der Waals surface area contributed by atoms with Crippen LogP contribution in [0.5, 0.6) is 0 Å². The first-order valence-corrected chi connectivity index (χ1v) is 9.66. The van der Waals surface area contributed by atoms with Crippen LogP contribution in [-0.4, -0.2) is 54.8 Å². The van der Waals surface area contributed by atoms with Gasteiger partial charge in [-0.1, -0.05) is 20.8 Å². The number of esters is 1. The first-order chi connectivity index (χ1) is 13.3. The second-order valence-electron chi connectivity index (χ2n) is 9.05. The zero-order chi connectivity index (χ0) is 21.7. The normalized spacial score (nSPS) is 14.6. The van der Waals surface area contributed by atoms with Crippen LogP contribution in [0.1, 0.15) is 63.3 Å². The van der Waals surface area contributed by atoms with Crippen molar-refractivity contribution >= 4 is 17.5 Å². The van der Waals surface area contributed by atoms with E-state index in [0.29, 0.717) is 11.3 Å². The van der Waals surface area contributed by atoms with Crippen LogP contribution < -0.4 is 5.56 Å². The smallest absolute Gasteiger partial charge is 0.326 e. The molecular weight excluding hydrogens is 376 g/mol. The third-order valence-corrected chi connectivity index (χ3v) is 4.75. The quantitative estimate of drug-likeness (QED) is 0.748. The van der Waals surface area contributed by atoms with E-state index >= 15 is 0 Å². The lowest BCUT2D eigenvalue weighted by Crippen LogP contribution is -2.39. The summed E-state index contributed by atoms with van der Waals surface area (Å²) in [5, 5.41) is 14.6. The van der Waals surface area contributed by atoms with Crippen LogP contribution >= 0.6 is 0 Å². The van der Waals surface area contributed by atoms with E-state index < -0.39 is 23.0 Å². The predicted octanol–water partition coefficient (Wildman–Crippen LogP) is 1.08. The second kappa shape index (κ2) is 6.98. The molecule has 29 heavy (non-hydrogen) atoms. The molecular formula is C20H28N4O5. The third kappa shape index (κ3) is 3.91. The minimum absolute atomic E-state index is 0.0560. The molecule has 1 aliphatic rings. The van der Waals surface area contributed by atoms with Gasteiger partial charge >= 0.3 is 5.97 Å². The van der Waals surface area contributed by atoms with E-state index in [0.717, 1.165) is 0 Å². The van der Waals surface area contributed by atoms with Gasteiger partial charge < -0.3 is 19.3 Å². The van der Waals surface area contributed by atoms with Crippen LogP contribution in [0.25, 0.3) is 5.65 Å². The van der Waals surface area contributed by atoms with Gasteiger partial charge in [-0.15, -0.1) is 0 Å². The van der Waals surface area contributed by atoms with Crippen molar-refractivity contribution in [3.05, 3.63) is 33.4 Å².